The van der Waals surface area contributed by atoms with Crippen LogP contribution in [0.25, 0.3) is 0 Å². The maximum atomic E-state index is 12.5. The Morgan fingerprint density at radius 3 is 2.17 bits per heavy atom. The number of carbonyl (C=O) groups excluding carboxylic acids is 1. The lowest BCUT2D eigenvalue weighted by Gasteiger charge is -2.26. The van der Waals surface area contributed by atoms with Gasteiger partial charge in [0.15, 0.2) is 0 Å². The van der Waals surface area contributed by atoms with Crippen LogP contribution in [0.4, 0.5) is 0 Å². The molecule has 0 fully saturated rings. The zero-order chi connectivity index (χ0) is 18.7. The first-order valence-electron chi connectivity index (χ1n) is 9.04. The van der Waals surface area contributed by atoms with E-state index in [1.807, 2.05) is 26.8 Å². The van der Waals surface area contributed by atoms with Crippen molar-refractivity contribution in [1.29, 1.82) is 0 Å². The summed E-state index contributed by atoms with van der Waals surface area (Å²) < 4.78 is 5.55. The van der Waals surface area contributed by atoms with Crippen molar-refractivity contribution in [2.24, 2.45) is 5.92 Å². The molecule has 0 aliphatic rings. The number of phenols is 1. The SMILES string of the molecule is CCC(CC)COC(=O)C(C)c1cc(C(C)(C)C)c(O)c(C)c1C. The van der Waals surface area contributed by atoms with Gasteiger partial charge in [-0.2, -0.15) is 0 Å². The van der Waals surface area contributed by atoms with Crippen LogP contribution in [0, 0.1) is 19.8 Å². The molecule has 24 heavy (non-hydrogen) atoms. The largest absolute Gasteiger partial charge is 0.507 e. The molecule has 0 saturated heterocycles. The maximum absolute atomic E-state index is 12.5. The standard InChI is InChI=1S/C21H34O3/c1-9-16(10-2)12-24-20(23)15(5)17-11-18(21(6,7)8)19(22)14(4)13(17)3/h11,15-16,22H,9-10,12H2,1-8H3. The molecule has 0 bridgehead atoms. The van der Waals surface area contributed by atoms with E-state index < -0.39 is 0 Å². The van der Waals surface area contributed by atoms with Crippen molar-refractivity contribution < 1.29 is 14.6 Å². The van der Waals surface area contributed by atoms with Crippen LogP contribution in [-0.4, -0.2) is 17.7 Å². The van der Waals surface area contributed by atoms with Crippen LogP contribution in [-0.2, 0) is 14.9 Å². The molecule has 0 aliphatic carbocycles. The third-order valence-electron chi connectivity index (χ3n) is 5.15. The van der Waals surface area contributed by atoms with E-state index >= 15 is 0 Å². The molecule has 3 nitrogen and oxygen atoms in total. The van der Waals surface area contributed by atoms with Gasteiger partial charge >= 0.3 is 5.97 Å². The summed E-state index contributed by atoms with van der Waals surface area (Å²) >= 11 is 0. The van der Waals surface area contributed by atoms with E-state index in [0.717, 1.165) is 35.1 Å². The summed E-state index contributed by atoms with van der Waals surface area (Å²) in [6, 6.07) is 1.97. The van der Waals surface area contributed by atoms with Gasteiger partial charge in [0.2, 0.25) is 0 Å². The van der Waals surface area contributed by atoms with Gasteiger partial charge in [0, 0.05) is 0 Å². The molecule has 1 N–H and O–H groups in total. The lowest BCUT2D eigenvalue weighted by Crippen LogP contribution is -2.20. The Morgan fingerprint density at radius 1 is 1.17 bits per heavy atom. The van der Waals surface area contributed by atoms with E-state index in [2.05, 4.69) is 34.6 Å². The molecule has 1 unspecified atom stereocenters. The van der Waals surface area contributed by atoms with Crippen molar-refractivity contribution in [2.75, 3.05) is 6.61 Å². The first kappa shape index (κ1) is 20.5. The Hall–Kier alpha value is -1.51. The average Bonchev–Trinajstić information content (AvgIpc) is 2.51. The normalized spacial score (nSPS) is 13.2. The Bertz CT molecular complexity index is 578. The first-order valence-corrected chi connectivity index (χ1v) is 9.04. The van der Waals surface area contributed by atoms with E-state index in [0.29, 0.717) is 18.3 Å². The molecule has 0 radical (unpaired) electrons. The number of carbonyl (C=O) groups is 1. The molecule has 1 atom stereocenters. The van der Waals surface area contributed by atoms with Crippen LogP contribution in [0.3, 0.4) is 0 Å². The van der Waals surface area contributed by atoms with E-state index in [1.54, 1.807) is 0 Å². The third kappa shape index (κ3) is 4.52. The Balaban J connectivity index is 3.12. The van der Waals surface area contributed by atoms with Crippen molar-refractivity contribution in [1.82, 2.24) is 0 Å². The molecule has 0 aliphatic heterocycles. The molecule has 136 valence electrons. The highest BCUT2D eigenvalue weighted by Gasteiger charge is 2.26. The third-order valence-corrected chi connectivity index (χ3v) is 5.15. The van der Waals surface area contributed by atoms with Crippen LogP contribution >= 0.6 is 0 Å². The molecular formula is C21H34O3. The summed E-state index contributed by atoms with van der Waals surface area (Å²) in [5.74, 6) is 0.241. The number of rotatable bonds is 6. The van der Waals surface area contributed by atoms with Gasteiger partial charge in [-0.25, -0.2) is 0 Å². The van der Waals surface area contributed by atoms with E-state index in [1.165, 1.54) is 0 Å². The van der Waals surface area contributed by atoms with E-state index in [-0.39, 0.29) is 17.3 Å². The number of benzene rings is 1. The molecule has 0 amide bonds. The van der Waals surface area contributed by atoms with E-state index in [9.17, 15) is 9.90 Å². The second kappa shape index (κ2) is 8.04. The van der Waals surface area contributed by atoms with Gasteiger partial charge < -0.3 is 9.84 Å². The Labute approximate surface area is 147 Å². The van der Waals surface area contributed by atoms with Crippen molar-refractivity contribution >= 4 is 5.97 Å². The van der Waals surface area contributed by atoms with Crippen LogP contribution in [0.15, 0.2) is 6.07 Å². The topological polar surface area (TPSA) is 46.5 Å². The number of hydrogen-bond acceptors (Lipinski definition) is 3. The number of aromatic hydroxyl groups is 1. The van der Waals surface area contributed by atoms with Crippen molar-refractivity contribution in [3.8, 4) is 5.75 Å². The van der Waals surface area contributed by atoms with Crippen molar-refractivity contribution in [2.45, 2.75) is 79.6 Å². The predicted octanol–water partition coefficient (Wildman–Crippen LogP) is 5.39. The quantitative estimate of drug-likeness (QED) is 0.710. The summed E-state index contributed by atoms with van der Waals surface area (Å²) in [6.45, 7) is 16.7. The highest BCUT2D eigenvalue weighted by Crippen LogP contribution is 2.38. The smallest absolute Gasteiger partial charge is 0.313 e. The van der Waals surface area contributed by atoms with Crippen LogP contribution in [0.1, 0.15) is 82.6 Å². The van der Waals surface area contributed by atoms with Gasteiger partial charge in [0.1, 0.15) is 5.75 Å². The van der Waals surface area contributed by atoms with Gasteiger partial charge in [-0.1, -0.05) is 53.5 Å². The van der Waals surface area contributed by atoms with Gasteiger partial charge in [0.25, 0.3) is 0 Å². The molecule has 0 saturated carbocycles. The van der Waals surface area contributed by atoms with Gasteiger partial charge in [-0.05, 0) is 54.4 Å². The van der Waals surface area contributed by atoms with Gasteiger partial charge in [-0.3, -0.25) is 4.79 Å². The summed E-state index contributed by atoms with van der Waals surface area (Å²) in [7, 11) is 0. The van der Waals surface area contributed by atoms with Crippen molar-refractivity contribution in [3.05, 3.63) is 28.3 Å². The minimum Gasteiger partial charge on any atom is -0.507 e. The number of hydrogen-bond donors (Lipinski definition) is 1. The fraction of sp³-hybridized carbons (Fsp3) is 0.667. The summed E-state index contributed by atoms with van der Waals surface area (Å²) in [4.78, 5) is 12.5. The molecule has 1 aromatic rings. The second-order valence-electron chi connectivity index (χ2n) is 7.90. The zero-order valence-corrected chi connectivity index (χ0v) is 16.6. The molecule has 0 aromatic heterocycles. The van der Waals surface area contributed by atoms with Crippen LogP contribution in [0.2, 0.25) is 0 Å². The lowest BCUT2D eigenvalue weighted by molar-refractivity contribution is -0.146. The van der Waals surface area contributed by atoms with E-state index in [4.69, 9.17) is 4.74 Å². The van der Waals surface area contributed by atoms with Gasteiger partial charge in [0.05, 0.1) is 12.5 Å². The highest BCUT2D eigenvalue weighted by atomic mass is 16.5. The predicted molar refractivity (Wildman–Crippen MR) is 99.7 cm³/mol. The molecule has 3 heteroatoms. The second-order valence-corrected chi connectivity index (χ2v) is 7.90. The molecule has 1 rings (SSSR count). The summed E-state index contributed by atoms with van der Waals surface area (Å²) in [5.41, 5.74) is 3.45. The molecule has 0 heterocycles. The summed E-state index contributed by atoms with van der Waals surface area (Å²) in [5, 5.41) is 10.5. The van der Waals surface area contributed by atoms with Crippen LogP contribution < -0.4 is 0 Å². The van der Waals surface area contributed by atoms with Crippen molar-refractivity contribution in [3.63, 3.8) is 0 Å². The fourth-order valence-corrected chi connectivity index (χ4v) is 2.93. The zero-order valence-electron chi connectivity index (χ0n) is 16.6. The molecule has 1 aromatic carbocycles. The maximum Gasteiger partial charge on any atom is 0.313 e. The number of esters is 1. The number of ether oxygens (including phenoxy) is 1. The lowest BCUT2D eigenvalue weighted by atomic mass is 9.80. The highest BCUT2D eigenvalue weighted by molar-refractivity contribution is 5.79. The fourth-order valence-electron chi connectivity index (χ4n) is 2.93. The monoisotopic (exact) mass is 334 g/mol. The summed E-state index contributed by atoms with van der Waals surface area (Å²) in [6.07, 6.45) is 2.04. The average molecular weight is 335 g/mol. The number of phenolic OH excluding ortho intramolecular Hbond substituents is 1. The minimum absolute atomic E-state index is 0.184. The molecule has 0 spiro atoms. The van der Waals surface area contributed by atoms with Crippen LogP contribution in [0.5, 0.6) is 5.75 Å². The van der Waals surface area contributed by atoms with Gasteiger partial charge in [-0.15, -0.1) is 0 Å². The first-order chi connectivity index (χ1) is 11.0. The minimum atomic E-state index is -0.334. The molecular weight excluding hydrogens is 300 g/mol. The Kier molecular flexibility index (Phi) is 6.88. The Morgan fingerprint density at radius 2 is 1.71 bits per heavy atom.